The van der Waals surface area contributed by atoms with Gasteiger partial charge in [-0.25, -0.2) is 4.99 Å². The van der Waals surface area contributed by atoms with Crippen molar-refractivity contribution in [1.82, 2.24) is 25.0 Å². The summed E-state index contributed by atoms with van der Waals surface area (Å²) >= 11 is 5.96. The Bertz CT molecular complexity index is 722. The number of aryl methyl sites for hydroxylation is 1. The first-order valence-electron chi connectivity index (χ1n) is 8.82. The predicted octanol–water partition coefficient (Wildman–Crippen LogP) is 2.87. The van der Waals surface area contributed by atoms with Crippen LogP contribution in [-0.4, -0.2) is 39.2 Å². The van der Waals surface area contributed by atoms with Crippen LogP contribution in [0.25, 0.3) is 0 Å². The molecule has 0 fully saturated rings. The summed E-state index contributed by atoms with van der Waals surface area (Å²) in [5, 5.41) is 12.7. The zero-order valence-electron chi connectivity index (χ0n) is 14.9. The lowest BCUT2D eigenvalue weighted by atomic mass is 10.2. The molecule has 0 aliphatic carbocycles. The molecule has 1 aliphatic heterocycles. The smallest absolute Gasteiger partial charge is 0.194 e. The van der Waals surface area contributed by atoms with Gasteiger partial charge in [-0.05, 0) is 37.5 Å². The lowest BCUT2D eigenvalue weighted by Crippen LogP contribution is -2.38. The van der Waals surface area contributed by atoms with E-state index in [1.165, 1.54) is 18.4 Å². The summed E-state index contributed by atoms with van der Waals surface area (Å²) in [5.74, 6) is 2.91. The second-order valence-electron chi connectivity index (χ2n) is 6.29. The van der Waals surface area contributed by atoms with E-state index in [-0.39, 0.29) is 0 Å². The van der Waals surface area contributed by atoms with E-state index >= 15 is 0 Å². The van der Waals surface area contributed by atoms with Crippen molar-refractivity contribution in [2.45, 2.75) is 45.8 Å². The first kappa shape index (κ1) is 17.7. The molecular weight excluding hydrogens is 336 g/mol. The van der Waals surface area contributed by atoms with Gasteiger partial charge in [0.2, 0.25) is 0 Å². The van der Waals surface area contributed by atoms with E-state index in [2.05, 4.69) is 31.9 Å². The number of rotatable bonds is 5. The lowest BCUT2D eigenvalue weighted by molar-refractivity contribution is 0.474. The normalized spacial score (nSPS) is 14.3. The predicted molar refractivity (Wildman–Crippen MR) is 101 cm³/mol. The number of benzene rings is 1. The van der Waals surface area contributed by atoms with Crippen LogP contribution in [0.2, 0.25) is 5.02 Å². The van der Waals surface area contributed by atoms with Gasteiger partial charge in [-0.15, -0.1) is 10.2 Å². The third kappa shape index (κ3) is 4.51. The van der Waals surface area contributed by atoms with Gasteiger partial charge in [0.25, 0.3) is 0 Å². The van der Waals surface area contributed by atoms with Gasteiger partial charge >= 0.3 is 0 Å². The number of fused-ring (bicyclic) bond motifs is 1. The molecule has 0 bridgehead atoms. The average Bonchev–Trinajstić information content (AvgIpc) is 3.04. The van der Waals surface area contributed by atoms with Gasteiger partial charge in [-0.3, -0.25) is 0 Å². The number of hydrogen-bond acceptors (Lipinski definition) is 3. The van der Waals surface area contributed by atoms with Crippen LogP contribution in [0.15, 0.2) is 29.3 Å². The van der Waals surface area contributed by atoms with Crippen molar-refractivity contribution in [3.8, 4) is 0 Å². The molecule has 1 aromatic heterocycles. The Hall–Kier alpha value is -2.08. The fraction of sp³-hybridized carbons (Fsp3) is 0.500. The first-order chi connectivity index (χ1) is 12.2. The molecule has 0 saturated heterocycles. The molecule has 2 aromatic rings. The molecule has 0 radical (unpaired) electrons. The Labute approximate surface area is 153 Å². The van der Waals surface area contributed by atoms with Crippen LogP contribution in [-0.2, 0) is 26.1 Å². The molecule has 7 heteroatoms. The van der Waals surface area contributed by atoms with Crippen molar-refractivity contribution < 1.29 is 0 Å². The highest BCUT2D eigenvalue weighted by molar-refractivity contribution is 6.30. The highest BCUT2D eigenvalue weighted by atomic mass is 35.5. The molecule has 0 atom stereocenters. The van der Waals surface area contributed by atoms with Crippen molar-refractivity contribution in [3.63, 3.8) is 0 Å². The van der Waals surface area contributed by atoms with Gasteiger partial charge < -0.3 is 14.8 Å². The molecule has 2 heterocycles. The molecule has 6 nitrogen and oxygen atoms in total. The second kappa shape index (κ2) is 8.34. The number of aromatic nitrogens is 3. The van der Waals surface area contributed by atoms with E-state index in [1.807, 2.05) is 31.3 Å². The first-order valence-corrected chi connectivity index (χ1v) is 9.20. The molecule has 25 heavy (non-hydrogen) atoms. The van der Waals surface area contributed by atoms with Gasteiger partial charge in [0, 0.05) is 38.1 Å². The summed E-state index contributed by atoms with van der Waals surface area (Å²) in [6, 6.07) is 7.91. The Morgan fingerprint density at radius 3 is 2.84 bits per heavy atom. The largest absolute Gasteiger partial charge is 0.357 e. The van der Waals surface area contributed by atoms with E-state index < -0.39 is 0 Å². The Balaban J connectivity index is 1.70. The summed E-state index contributed by atoms with van der Waals surface area (Å²) in [5.41, 5.74) is 1.19. The number of nitrogens with one attached hydrogen (secondary N) is 1. The summed E-state index contributed by atoms with van der Waals surface area (Å²) in [7, 11) is 2.04. The molecule has 0 unspecified atom stereocenters. The van der Waals surface area contributed by atoms with Crippen molar-refractivity contribution >= 4 is 17.6 Å². The minimum atomic E-state index is 0.542. The maximum Gasteiger partial charge on any atom is 0.194 e. The number of guanidine groups is 1. The molecule has 3 rings (SSSR count). The Morgan fingerprint density at radius 1 is 1.28 bits per heavy atom. The van der Waals surface area contributed by atoms with E-state index in [4.69, 9.17) is 16.6 Å². The molecule has 0 saturated carbocycles. The van der Waals surface area contributed by atoms with Crippen LogP contribution in [0.4, 0.5) is 0 Å². The van der Waals surface area contributed by atoms with E-state index in [0.717, 1.165) is 48.7 Å². The quantitative estimate of drug-likeness (QED) is 0.658. The Morgan fingerprint density at radius 2 is 2.08 bits per heavy atom. The monoisotopic (exact) mass is 360 g/mol. The molecular formula is C18H25ClN6. The molecule has 1 aliphatic rings. The van der Waals surface area contributed by atoms with E-state index in [9.17, 15) is 0 Å². The Kier molecular flexibility index (Phi) is 5.91. The minimum Gasteiger partial charge on any atom is -0.357 e. The van der Waals surface area contributed by atoms with Crippen molar-refractivity contribution in [2.75, 3.05) is 13.6 Å². The SMILES string of the molecule is CCNC(=NCc1nnc2n1CCCC2)N(C)Cc1ccc(Cl)cc1. The van der Waals surface area contributed by atoms with Gasteiger partial charge in [-0.2, -0.15) is 0 Å². The van der Waals surface area contributed by atoms with Gasteiger partial charge in [0.1, 0.15) is 12.4 Å². The van der Waals surface area contributed by atoms with Gasteiger partial charge in [-0.1, -0.05) is 23.7 Å². The van der Waals surface area contributed by atoms with Gasteiger partial charge in [0.15, 0.2) is 11.8 Å². The number of hydrogen-bond donors (Lipinski definition) is 1. The number of nitrogens with zero attached hydrogens (tertiary/aromatic N) is 5. The number of aliphatic imine (C=N–C) groups is 1. The summed E-state index contributed by atoms with van der Waals surface area (Å²) in [6.45, 7) is 5.21. The van der Waals surface area contributed by atoms with E-state index in [0.29, 0.717) is 6.54 Å². The fourth-order valence-corrected chi connectivity index (χ4v) is 3.17. The van der Waals surface area contributed by atoms with Crippen LogP contribution in [0, 0.1) is 0 Å². The van der Waals surface area contributed by atoms with Crippen LogP contribution in [0.5, 0.6) is 0 Å². The molecule has 1 N–H and O–H groups in total. The highest BCUT2D eigenvalue weighted by Crippen LogP contribution is 2.15. The zero-order chi connectivity index (χ0) is 17.6. The highest BCUT2D eigenvalue weighted by Gasteiger charge is 2.15. The van der Waals surface area contributed by atoms with Crippen molar-refractivity contribution in [1.29, 1.82) is 0 Å². The third-order valence-electron chi connectivity index (χ3n) is 4.34. The van der Waals surface area contributed by atoms with Crippen LogP contribution < -0.4 is 5.32 Å². The number of halogens is 1. The molecule has 134 valence electrons. The standard InChI is InChI=1S/C18H25ClN6/c1-3-20-18(24(2)13-14-7-9-15(19)10-8-14)21-12-17-23-22-16-6-4-5-11-25(16)17/h7-10H,3-6,11-13H2,1-2H3,(H,20,21). The summed E-state index contributed by atoms with van der Waals surface area (Å²) in [6.07, 6.45) is 3.42. The minimum absolute atomic E-state index is 0.542. The molecule has 0 amide bonds. The summed E-state index contributed by atoms with van der Waals surface area (Å²) < 4.78 is 2.22. The fourth-order valence-electron chi connectivity index (χ4n) is 3.04. The lowest BCUT2D eigenvalue weighted by Gasteiger charge is -2.22. The van der Waals surface area contributed by atoms with Crippen molar-refractivity contribution in [2.24, 2.45) is 4.99 Å². The van der Waals surface area contributed by atoms with Crippen LogP contribution in [0.3, 0.4) is 0 Å². The second-order valence-corrected chi connectivity index (χ2v) is 6.73. The van der Waals surface area contributed by atoms with Crippen molar-refractivity contribution in [3.05, 3.63) is 46.5 Å². The van der Waals surface area contributed by atoms with Crippen LogP contribution in [0.1, 0.15) is 37.0 Å². The maximum atomic E-state index is 5.96. The topological polar surface area (TPSA) is 58.3 Å². The van der Waals surface area contributed by atoms with Gasteiger partial charge in [0.05, 0.1) is 0 Å². The third-order valence-corrected chi connectivity index (χ3v) is 4.59. The summed E-state index contributed by atoms with van der Waals surface area (Å²) in [4.78, 5) is 6.87. The average molecular weight is 361 g/mol. The zero-order valence-corrected chi connectivity index (χ0v) is 15.6. The molecule has 0 spiro atoms. The van der Waals surface area contributed by atoms with Crippen LogP contribution >= 0.6 is 11.6 Å². The molecule has 1 aromatic carbocycles. The van der Waals surface area contributed by atoms with E-state index in [1.54, 1.807) is 0 Å². The maximum absolute atomic E-state index is 5.96.